The third-order valence-electron chi connectivity index (χ3n) is 2.65. The molecular weight excluding hydrogens is 232 g/mol. The predicted molar refractivity (Wildman–Crippen MR) is 54.9 cm³/mol. The molecule has 0 saturated carbocycles. The number of aliphatic carboxylic acids is 1. The van der Waals surface area contributed by atoms with Gasteiger partial charge in [0.25, 0.3) is 0 Å². The fourth-order valence-electron chi connectivity index (χ4n) is 1.61. The quantitative estimate of drug-likeness (QED) is 0.373. The second-order valence-corrected chi connectivity index (χ2v) is 4.04. The molecule has 7 heteroatoms. The van der Waals surface area contributed by atoms with E-state index in [1.807, 2.05) is 0 Å². The number of ether oxygens (including phenoxy) is 1. The minimum Gasteiger partial charge on any atom is -0.478 e. The molecule has 1 fully saturated rings. The Hall–Kier alpha value is -0.990. The van der Waals surface area contributed by atoms with Crippen molar-refractivity contribution < 1.29 is 35.1 Å². The average Bonchev–Trinajstić information content (AvgIpc) is 2.23. The Bertz CT molecular complexity index is 327. The van der Waals surface area contributed by atoms with Crippen LogP contribution in [0.3, 0.4) is 0 Å². The molecule has 98 valence electrons. The van der Waals surface area contributed by atoms with Gasteiger partial charge < -0.3 is 30.3 Å². The van der Waals surface area contributed by atoms with E-state index in [2.05, 4.69) is 0 Å². The highest BCUT2D eigenvalue weighted by Gasteiger charge is 2.45. The molecular formula is C10H16O7. The first-order valence-electron chi connectivity index (χ1n) is 5.10. The maximum atomic E-state index is 10.6. The number of aliphatic hydroxyl groups is 4. The van der Waals surface area contributed by atoms with Gasteiger partial charge in [0.15, 0.2) is 0 Å². The number of carbonyl (C=O) groups is 1. The van der Waals surface area contributed by atoms with E-state index in [0.29, 0.717) is 0 Å². The summed E-state index contributed by atoms with van der Waals surface area (Å²) in [7, 11) is 0. The van der Waals surface area contributed by atoms with Crippen LogP contribution < -0.4 is 0 Å². The molecule has 0 aromatic heterocycles. The number of rotatable bonds is 3. The summed E-state index contributed by atoms with van der Waals surface area (Å²) in [5.41, 5.74) is -0.209. The first-order valence-corrected chi connectivity index (χ1v) is 5.10. The van der Waals surface area contributed by atoms with Crippen molar-refractivity contribution >= 4 is 5.97 Å². The highest BCUT2D eigenvalue weighted by molar-refractivity contribution is 5.85. The Balaban J connectivity index is 2.94. The molecule has 0 radical (unpaired) electrons. The van der Waals surface area contributed by atoms with Gasteiger partial charge in [-0.2, -0.15) is 0 Å². The molecule has 0 amide bonds. The Kier molecular flexibility index (Phi) is 4.23. The maximum absolute atomic E-state index is 10.6. The lowest BCUT2D eigenvalue weighted by Crippen LogP contribution is -2.56. The van der Waals surface area contributed by atoms with Crippen LogP contribution in [0.1, 0.15) is 13.3 Å². The number of carboxylic acids is 1. The number of hydrogen-bond acceptors (Lipinski definition) is 6. The van der Waals surface area contributed by atoms with E-state index in [1.54, 1.807) is 0 Å². The third kappa shape index (κ3) is 3.02. The molecule has 0 aromatic rings. The zero-order valence-corrected chi connectivity index (χ0v) is 9.28. The van der Waals surface area contributed by atoms with E-state index in [9.17, 15) is 20.1 Å². The van der Waals surface area contributed by atoms with Crippen LogP contribution in [0.4, 0.5) is 0 Å². The molecule has 17 heavy (non-hydrogen) atoms. The topological polar surface area (TPSA) is 127 Å². The molecule has 5 N–H and O–H groups in total. The maximum Gasteiger partial charge on any atom is 0.331 e. The minimum atomic E-state index is -2.21. The number of hydrogen-bond donors (Lipinski definition) is 5. The van der Waals surface area contributed by atoms with Gasteiger partial charge in [-0.05, 0) is 13.0 Å². The molecule has 0 aliphatic carbocycles. The van der Waals surface area contributed by atoms with Gasteiger partial charge in [-0.15, -0.1) is 0 Å². The summed E-state index contributed by atoms with van der Waals surface area (Å²) in [6.07, 6.45) is -3.01. The summed E-state index contributed by atoms with van der Waals surface area (Å²) in [6.45, 7) is 0.686. The zero-order chi connectivity index (χ0) is 13.2. The standard InChI is InChI=1S/C10H16O7/c1-5(9(14)15)3-10(16)8(13)2-6(12)7(4-11)17-10/h3,6-8,11-13,16H,2,4H2,1H3,(H,14,15)/b5-3+/t6-,7+,8+,10+/m1/s1. The van der Waals surface area contributed by atoms with Crippen LogP contribution in [0.15, 0.2) is 11.6 Å². The Morgan fingerprint density at radius 3 is 2.59 bits per heavy atom. The van der Waals surface area contributed by atoms with Crippen LogP contribution in [0.2, 0.25) is 0 Å². The molecule has 1 rings (SSSR count). The highest BCUT2D eigenvalue weighted by atomic mass is 16.7. The normalized spacial score (nSPS) is 39.1. The second kappa shape index (κ2) is 5.11. The van der Waals surface area contributed by atoms with Crippen molar-refractivity contribution in [3.8, 4) is 0 Å². The van der Waals surface area contributed by atoms with Gasteiger partial charge in [0.05, 0.1) is 12.7 Å². The van der Waals surface area contributed by atoms with Crippen molar-refractivity contribution in [2.75, 3.05) is 6.61 Å². The lowest BCUT2D eigenvalue weighted by Gasteiger charge is -2.41. The summed E-state index contributed by atoms with van der Waals surface area (Å²) in [4.78, 5) is 10.6. The molecule has 1 aliphatic rings. The van der Waals surface area contributed by atoms with Gasteiger partial charge >= 0.3 is 5.97 Å². The Morgan fingerprint density at radius 1 is 1.53 bits per heavy atom. The summed E-state index contributed by atoms with van der Waals surface area (Å²) in [5, 5.41) is 46.5. The zero-order valence-electron chi connectivity index (χ0n) is 9.28. The fraction of sp³-hybridized carbons (Fsp3) is 0.700. The molecule has 0 spiro atoms. The molecule has 0 aromatic carbocycles. The van der Waals surface area contributed by atoms with Crippen LogP contribution in [0.5, 0.6) is 0 Å². The van der Waals surface area contributed by atoms with Gasteiger partial charge in [-0.3, -0.25) is 0 Å². The van der Waals surface area contributed by atoms with E-state index in [-0.39, 0.29) is 12.0 Å². The molecule has 0 bridgehead atoms. The van der Waals surface area contributed by atoms with Gasteiger partial charge in [-0.25, -0.2) is 4.79 Å². The minimum absolute atomic E-state index is 0.209. The summed E-state index contributed by atoms with van der Waals surface area (Å²) >= 11 is 0. The lowest BCUT2D eigenvalue weighted by atomic mass is 9.94. The van der Waals surface area contributed by atoms with Crippen molar-refractivity contribution in [2.24, 2.45) is 0 Å². The van der Waals surface area contributed by atoms with Crippen LogP contribution in [-0.2, 0) is 9.53 Å². The third-order valence-corrected chi connectivity index (χ3v) is 2.65. The molecule has 4 atom stereocenters. The Labute approximate surface area is 97.6 Å². The first-order chi connectivity index (χ1) is 7.80. The van der Waals surface area contributed by atoms with Crippen molar-refractivity contribution in [2.45, 2.75) is 37.4 Å². The van der Waals surface area contributed by atoms with Crippen LogP contribution in [0, 0.1) is 0 Å². The predicted octanol–water partition coefficient (Wildman–Crippen LogP) is -1.79. The van der Waals surface area contributed by atoms with Crippen molar-refractivity contribution in [1.29, 1.82) is 0 Å². The van der Waals surface area contributed by atoms with Crippen molar-refractivity contribution in [1.82, 2.24) is 0 Å². The van der Waals surface area contributed by atoms with E-state index in [1.165, 1.54) is 6.92 Å². The summed E-state index contributed by atoms with van der Waals surface area (Å²) in [5.74, 6) is -3.48. The Morgan fingerprint density at radius 2 is 2.12 bits per heavy atom. The highest BCUT2D eigenvalue weighted by Crippen LogP contribution is 2.29. The van der Waals surface area contributed by atoms with E-state index >= 15 is 0 Å². The molecule has 0 unspecified atom stereocenters. The van der Waals surface area contributed by atoms with Gasteiger partial charge in [0, 0.05) is 12.0 Å². The molecule has 1 heterocycles. The van der Waals surface area contributed by atoms with Gasteiger partial charge in [-0.1, -0.05) is 0 Å². The monoisotopic (exact) mass is 248 g/mol. The second-order valence-electron chi connectivity index (χ2n) is 4.04. The molecule has 7 nitrogen and oxygen atoms in total. The van der Waals surface area contributed by atoms with Gasteiger partial charge in [0.2, 0.25) is 5.79 Å². The summed E-state index contributed by atoms with van der Waals surface area (Å²) in [6, 6.07) is 0. The number of aliphatic hydroxyl groups excluding tert-OH is 3. The SMILES string of the molecule is C/C(=C\[C@]1(O)O[C@@H](CO)[C@H](O)C[C@@H]1O)C(=O)O. The van der Waals surface area contributed by atoms with E-state index in [0.717, 1.165) is 6.08 Å². The molecule has 1 aliphatic heterocycles. The molecule has 1 saturated heterocycles. The van der Waals surface area contributed by atoms with Crippen molar-refractivity contribution in [3.05, 3.63) is 11.6 Å². The van der Waals surface area contributed by atoms with E-state index in [4.69, 9.17) is 14.9 Å². The summed E-state index contributed by atoms with van der Waals surface area (Å²) < 4.78 is 4.93. The van der Waals surface area contributed by atoms with Crippen LogP contribution >= 0.6 is 0 Å². The smallest absolute Gasteiger partial charge is 0.331 e. The van der Waals surface area contributed by atoms with Crippen LogP contribution in [-0.4, -0.2) is 62.2 Å². The van der Waals surface area contributed by atoms with Crippen LogP contribution in [0.25, 0.3) is 0 Å². The first kappa shape index (κ1) is 14.1. The number of carboxylic acid groups (broad SMARTS) is 1. The average molecular weight is 248 g/mol. The van der Waals surface area contributed by atoms with Gasteiger partial charge in [0.1, 0.15) is 12.2 Å². The van der Waals surface area contributed by atoms with Crippen molar-refractivity contribution in [3.63, 3.8) is 0 Å². The van der Waals surface area contributed by atoms with E-state index < -0.39 is 36.7 Å². The largest absolute Gasteiger partial charge is 0.478 e. The fourth-order valence-corrected chi connectivity index (χ4v) is 1.61. The lowest BCUT2D eigenvalue weighted by molar-refractivity contribution is -0.298.